The van der Waals surface area contributed by atoms with E-state index in [0.717, 1.165) is 11.6 Å². The quantitative estimate of drug-likeness (QED) is 0.565. The van der Waals surface area contributed by atoms with Gasteiger partial charge in [0.05, 0.1) is 0 Å². The molecule has 0 saturated heterocycles. The van der Waals surface area contributed by atoms with Gasteiger partial charge in [-0.3, -0.25) is 4.79 Å². The number of hydrogen-bond acceptors (Lipinski definition) is 2. The maximum Gasteiger partial charge on any atom is 0.430 e. The average molecular weight is 390 g/mol. The highest BCUT2D eigenvalue weighted by Gasteiger charge is 2.71. The molecule has 0 aliphatic heterocycles. The van der Waals surface area contributed by atoms with E-state index in [4.69, 9.17) is 0 Å². The molecule has 0 atom stereocenters. The summed E-state index contributed by atoms with van der Waals surface area (Å²) in [5.41, 5.74) is -3.99. The molecule has 0 aliphatic carbocycles. The van der Waals surface area contributed by atoms with Gasteiger partial charge in [-0.15, -0.1) is 0 Å². The van der Waals surface area contributed by atoms with Gasteiger partial charge in [0.1, 0.15) is 6.29 Å². The zero-order valence-electron chi connectivity index (χ0n) is 14.4. The lowest BCUT2D eigenvalue weighted by Crippen LogP contribution is -2.53. The molecular formula is C19H16F6O2. The molecule has 2 rings (SSSR count). The van der Waals surface area contributed by atoms with Crippen LogP contribution in [0.4, 0.5) is 26.3 Å². The number of carbonyl (C=O) groups is 1. The normalized spacial score (nSPS) is 12.9. The lowest BCUT2D eigenvalue weighted by atomic mass is 9.87. The maximum absolute atomic E-state index is 13.0. The van der Waals surface area contributed by atoms with E-state index in [1.807, 2.05) is 6.92 Å². The van der Waals surface area contributed by atoms with E-state index in [0.29, 0.717) is 41.5 Å². The van der Waals surface area contributed by atoms with Crippen LogP contribution in [0.3, 0.4) is 0 Å². The number of alkyl halides is 6. The maximum atomic E-state index is 13.0. The van der Waals surface area contributed by atoms with Crippen LogP contribution in [0.25, 0.3) is 11.1 Å². The van der Waals surface area contributed by atoms with E-state index in [-0.39, 0.29) is 5.56 Å². The number of aryl methyl sites for hydroxylation is 2. The topological polar surface area (TPSA) is 37.3 Å². The smallest absolute Gasteiger partial charge is 0.369 e. The molecule has 0 bridgehead atoms. The molecule has 1 N–H and O–H groups in total. The Hall–Kier alpha value is -2.35. The van der Waals surface area contributed by atoms with Gasteiger partial charge in [-0.1, -0.05) is 37.3 Å². The van der Waals surface area contributed by atoms with Gasteiger partial charge < -0.3 is 5.11 Å². The summed E-state index contributed by atoms with van der Waals surface area (Å²) in [5, 5.41) is 9.52. The van der Waals surface area contributed by atoms with Crippen molar-refractivity contribution < 1.29 is 36.2 Å². The van der Waals surface area contributed by atoms with Crippen LogP contribution in [0, 0.1) is 6.92 Å². The van der Waals surface area contributed by atoms with Crippen LogP contribution >= 0.6 is 0 Å². The van der Waals surface area contributed by atoms with Crippen molar-refractivity contribution in [2.45, 2.75) is 38.2 Å². The molecule has 0 aromatic heterocycles. The van der Waals surface area contributed by atoms with Crippen LogP contribution < -0.4 is 0 Å². The SMILES string of the molecule is CCc1cc(C=O)ccc1-c1ccc(C(O)(C(F)(F)F)C(F)(F)F)cc1C. The van der Waals surface area contributed by atoms with Gasteiger partial charge in [-0.2, -0.15) is 26.3 Å². The fourth-order valence-electron chi connectivity index (χ4n) is 2.92. The van der Waals surface area contributed by atoms with Gasteiger partial charge in [0.15, 0.2) is 0 Å². The highest BCUT2D eigenvalue weighted by molar-refractivity contribution is 5.79. The Bertz CT molecular complexity index is 838. The Morgan fingerprint density at radius 3 is 1.93 bits per heavy atom. The second-order valence-electron chi connectivity index (χ2n) is 6.12. The minimum atomic E-state index is -5.93. The fourth-order valence-corrected chi connectivity index (χ4v) is 2.92. The minimum absolute atomic E-state index is 0.132. The molecule has 0 aliphatic rings. The Morgan fingerprint density at radius 1 is 0.926 bits per heavy atom. The Morgan fingerprint density at radius 2 is 1.48 bits per heavy atom. The highest BCUT2D eigenvalue weighted by Crippen LogP contribution is 2.50. The first kappa shape index (κ1) is 21.0. The standard InChI is InChI=1S/C19H16F6O2/c1-3-13-9-12(10-26)4-6-16(13)15-7-5-14(8-11(15)2)17(27,18(20,21)22)19(23,24)25/h4-10,27H,3H2,1-2H3. The molecule has 0 fully saturated rings. The third kappa shape index (κ3) is 3.58. The van der Waals surface area contributed by atoms with E-state index >= 15 is 0 Å². The lowest BCUT2D eigenvalue weighted by molar-refractivity contribution is -0.376. The molecule has 0 saturated carbocycles. The summed E-state index contributed by atoms with van der Waals surface area (Å²) in [6.07, 6.45) is -10.7. The van der Waals surface area contributed by atoms with E-state index in [1.54, 1.807) is 12.1 Å². The zero-order chi connectivity index (χ0) is 20.6. The number of carbonyl (C=O) groups excluding carboxylic acids is 1. The summed E-state index contributed by atoms with van der Waals surface area (Å²) < 4.78 is 78.2. The molecule has 2 nitrogen and oxygen atoms in total. The first-order valence-electron chi connectivity index (χ1n) is 7.92. The van der Waals surface area contributed by atoms with Crippen LogP contribution in [-0.4, -0.2) is 23.7 Å². The molecular weight excluding hydrogens is 374 g/mol. The Labute approximate surface area is 151 Å². The van der Waals surface area contributed by atoms with Crippen LogP contribution in [-0.2, 0) is 12.0 Å². The van der Waals surface area contributed by atoms with Crippen molar-refractivity contribution in [1.29, 1.82) is 0 Å². The average Bonchev–Trinajstić information content (AvgIpc) is 2.58. The summed E-state index contributed by atoms with van der Waals surface area (Å²) in [7, 11) is 0. The van der Waals surface area contributed by atoms with Crippen LogP contribution in [0.2, 0.25) is 0 Å². The van der Waals surface area contributed by atoms with E-state index in [2.05, 4.69) is 0 Å². The minimum Gasteiger partial charge on any atom is -0.369 e. The van der Waals surface area contributed by atoms with Crippen molar-refractivity contribution in [1.82, 2.24) is 0 Å². The van der Waals surface area contributed by atoms with Crippen molar-refractivity contribution in [2.75, 3.05) is 0 Å². The molecule has 0 amide bonds. The molecule has 0 heterocycles. The molecule has 8 heteroatoms. The van der Waals surface area contributed by atoms with Gasteiger partial charge in [0.25, 0.3) is 5.60 Å². The van der Waals surface area contributed by atoms with Crippen molar-refractivity contribution in [2.24, 2.45) is 0 Å². The van der Waals surface area contributed by atoms with E-state index in [9.17, 15) is 36.2 Å². The number of aldehydes is 1. The third-order valence-corrected chi connectivity index (χ3v) is 4.40. The zero-order valence-corrected chi connectivity index (χ0v) is 14.4. The molecule has 146 valence electrons. The van der Waals surface area contributed by atoms with Gasteiger partial charge in [0.2, 0.25) is 0 Å². The van der Waals surface area contributed by atoms with Crippen molar-refractivity contribution in [3.63, 3.8) is 0 Å². The second-order valence-corrected chi connectivity index (χ2v) is 6.12. The first-order chi connectivity index (χ1) is 12.4. The molecule has 0 spiro atoms. The monoisotopic (exact) mass is 390 g/mol. The predicted molar refractivity (Wildman–Crippen MR) is 87.4 cm³/mol. The number of benzene rings is 2. The van der Waals surface area contributed by atoms with Crippen molar-refractivity contribution in [3.05, 3.63) is 58.7 Å². The van der Waals surface area contributed by atoms with Gasteiger partial charge >= 0.3 is 12.4 Å². The van der Waals surface area contributed by atoms with Crippen molar-refractivity contribution in [3.8, 4) is 11.1 Å². The molecule has 0 radical (unpaired) electrons. The second kappa shape index (κ2) is 6.99. The summed E-state index contributed by atoms with van der Waals surface area (Å²) in [4.78, 5) is 10.9. The number of halogens is 6. The fraction of sp³-hybridized carbons (Fsp3) is 0.316. The predicted octanol–water partition coefficient (Wildman–Crippen LogP) is 5.35. The summed E-state index contributed by atoms with van der Waals surface area (Å²) >= 11 is 0. The van der Waals surface area contributed by atoms with Crippen molar-refractivity contribution >= 4 is 6.29 Å². The number of hydrogen-bond donors (Lipinski definition) is 1. The third-order valence-electron chi connectivity index (χ3n) is 4.40. The van der Waals surface area contributed by atoms with Gasteiger partial charge in [-0.25, -0.2) is 0 Å². The van der Waals surface area contributed by atoms with E-state index < -0.39 is 23.5 Å². The summed E-state index contributed by atoms with van der Waals surface area (Å²) in [5.74, 6) is 0. The first-order valence-corrected chi connectivity index (χ1v) is 7.92. The largest absolute Gasteiger partial charge is 0.430 e. The molecule has 0 unspecified atom stereocenters. The van der Waals surface area contributed by atoms with E-state index in [1.165, 1.54) is 13.0 Å². The van der Waals surface area contributed by atoms with Gasteiger partial charge in [0, 0.05) is 11.1 Å². The van der Waals surface area contributed by atoms with Crippen LogP contribution in [0.5, 0.6) is 0 Å². The molecule has 2 aromatic rings. The molecule has 27 heavy (non-hydrogen) atoms. The number of rotatable bonds is 4. The number of aliphatic hydroxyl groups is 1. The Balaban J connectivity index is 2.64. The highest BCUT2D eigenvalue weighted by atomic mass is 19.4. The van der Waals surface area contributed by atoms with Gasteiger partial charge in [-0.05, 0) is 41.7 Å². The summed E-state index contributed by atoms with van der Waals surface area (Å²) in [6.45, 7) is 3.17. The lowest BCUT2D eigenvalue weighted by Gasteiger charge is -2.33. The Kier molecular flexibility index (Phi) is 5.43. The van der Waals surface area contributed by atoms with Crippen LogP contribution in [0.15, 0.2) is 36.4 Å². The molecule has 2 aromatic carbocycles. The van der Waals surface area contributed by atoms with Crippen LogP contribution in [0.1, 0.15) is 34.0 Å². The summed E-state index contributed by atoms with van der Waals surface area (Å²) in [6, 6.07) is 7.13.